The number of nitrogens with zero attached hydrogens (tertiary/aromatic N) is 2. The Hall–Kier alpha value is -2.86. The van der Waals surface area contributed by atoms with Crippen LogP contribution in [0.15, 0.2) is 78.0 Å². The van der Waals surface area contributed by atoms with Crippen LogP contribution in [-0.4, -0.2) is 21.0 Å². The van der Waals surface area contributed by atoms with Gasteiger partial charge in [-0.05, 0) is 18.2 Å². The molecule has 6 heteroatoms. The Labute approximate surface area is 143 Å². The van der Waals surface area contributed by atoms with Crippen molar-refractivity contribution in [3.05, 3.63) is 88.6 Å². The second-order valence-electron chi connectivity index (χ2n) is 5.04. The highest BCUT2D eigenvalue weighted by atomic mass is 32.2. The number of benzene rings is 2. The number of thioether (sulfide) groups is 1. The van der Waals surface area contributed by atoms with Crippen LogP contribution in [0, 0.1) is 10.1 Å². The number of aromatic nitrogens is 1. The summed E-state index contributed by atoms with van der Waals surface area (Å²) in [6, 6.07) is 19.3. The minimum atomic E-state index is -0.404. The van der Waals surface area contributed by atoms with Gasteiger partial charge in [0.2, 0.25) is 0 Å². The largest absolute Gasteiger partial charge is 0.306 e. The topological polar surface area (TPSA) is 65.1 Å². The van der Waals surface area contributed by atoms with E-state index in [4.69, 9.17) is 0 Å². The van der Waals surface area contributed by atoms with E-state index >= 15 is 0 Å². The van der Waals surface area contributed by atoms with Crippen LogP contribution >= 0.6 is 11.8 Å². The Balaban J connectivity index is 1.82. The van der Waals surface area contributed by atoms with Crippen LogP contribution in [0.1, 0.15) is 10.4 Å². The minimum absolute atomic E-state index is 0.0240. The number of nitro benzene ring substituents is 1. The van der Waals surface area contributed by atoms with E-state index in [9.17, 15) is 14.9 Å². The summed E-state index contributed by atoms with van der Waals surface area (Å²) in [5.41, 5.74) is 1.18. The zero-order valence-electron chi connectivity index (χ0n) is 12.7. The fourth-order valence-corrected chi connectivity index (χ4v) is 3.27. The predicted octanol–water partition coefficient (Wildman–Crippen LogP) is 4.36. The first-order valence-electron chi connectivity index (χ1n) is 7.29. The summed E-state index contributed by atoms with van der Waals surface area (Å²) in [7, 11) is 0. The van der Waals surface area contributed by atoms with Crippen molar-refractivity contribution in [3.63, 3.8) is 0 Å². The Kier molecular flexibility index (Phi) is 4.77. The fraction of sp³-hybridized carbons (Fsp3) is 0.0556. The van der Waals surface area contributed by atoms with Gasteiger partial charge in [0.15, 0.2) is 5.78 Å². The van der Waals surface area contributed by atoms with Crippen LogP contribution < -0.4 is 0 Å². The van der Waals surface area contributed by atoms with E-state index < -0.39 is 4.92 Å². The molecule has 0 amide bonds. The number of hydrogen-bond acceptors (Lipinski definition) is 4. The third-order valence-corrected chi connectivity index (χ3v) is 4.53. The number of nitro groups is 1. The van der Waals surface area contributed by atoms with Gasteiger partial charge in [0.1, 0.15) is 5.69 Å². The molecule has 1 aromatic heterocycles. The molecule has 5 nitrogen and oxygen atoms in total. The average molecular weight is 338 g/mol. The van der Waals surface area contributed by atoms with Crippen molar-refractivity contribution in [2.24, 2.45) is 0 Å². The summed E-state index contributed by atoms with van der Waals surface area (Å²) in [5.74, 6) is 0.296. The number of para-hydroxylation sites is 2. The van der Waals surface area contributed by atoms with Gasteiger partial charge in [-0.3, -0.25) is 14.9 Å². The standard InChI is InChI=1S/C18H14N2O3S/c21-17(14-7-2-1-3-8-14)13-24-18-11-6-12-19(18)15-9-4-5-10-16(15)20(22)23/h1-12H,13H2. The maximum Gasteiger partial charge on any atom is 0.293 e. The molecule has 0 saturated heterocycles. The van der Waals surface area contributed by atoms with Gasteiger partial charge in [-0.2, -0.15) is 0 Å². The third kappa shape index (κ3) is 3.38. The van der Waals surface area contributed by atoms with Crippen LogP contribution in [0.4, 0.5) is 5.69 Å². The van der Waals surface area contributed by atoms with E-state index in [1.54, 1.807) is 41.1 Å². The number of carbonyl (C=O) groups excluding carboxylic acids is 1. The molecular weight excluding hydrogens is 324 g/mol. The molecule has 3 rings (SSSR count). The molecular formula is C18H14N2O3S. The van der Waals surface area contributed by atoms with Crippen molar-refractivity contribution in [1.82, 2.24) is 4.57 Å². The van der Waals surface area contributed by atoms with Crippen molar-refractivity contribution < 1.29 is 9.72 Å². The molecule has 0 atom stereocenters. The number of rotatable bonds is 6. The lowest BCUT2D eigenvalue weighted by Crippen LogP contribution is -2.04. The van der Waals surface area contributed by atoms with E-state index in [1.165, 1.54) is 17.8 Å². The molecule has 0 unspecified atom stereocenters. The smallest absolute Gasteiger partial charge is 0.293 e. The van der Waals surface area contributed by atoms with Crippen LogP contribution in [0.2, 0.25) is 0 Å². The predicted molar refractivity (Wildman–Crippen MR) is 93.9 cm³/mol. The van der Waals surface area contributed by atoms with Crippen molar-refractivity contribution in [1.29, 1.82) is 0 Å². The lowest BCUT2D eigenvalue weighted by atomic mass is 10.2. The number of ketones is 1. The quantitative estimate of drug-likeness (QED) is 0.290. The van der Waals surface area contributed by atoms with E-state index in [0.29, 0.717) is 11.3 Å². The van der Waals surface area contributed by atoms with Gasteiger partial charge in [-0.25, -0.2) is 0 Å². The van der Waals surface area contributed by atoms with Gasteiger partial charge in [0.25, 0.3) is 5.69 Å². The second kappa shape index (κ2) is 7.14. The molecule has 0 bridgehead atoms. The summed E-state index contributed by atoms with van der Waals surface area (Å²) in [5, 5.41) is 12.0. The molecule has 0 fully saturated rings. The van der Waals surface area contributed by atoms with Crippen molar-refractivity contribution in [3.8, 4) is 5.69 Å². The van der Waals surface area contributed by atoms with Crippen LogP contribution in [0.25, 0.3) is 5.69 Å². The van der Waals surface area contributed by atoms with Gasteiger partial charge < -0.3 is 4.57 Å². The fourth-order valence-electron chi connectivity index (χ4n) is 2.35. The molecule has 0 N–H and O–H groups in total. The first-order valence-corrected chi connectivity index (χ1v) is 8.27. The maximum absolute atomic E-state index is 12.2. The first-order chi connectivity index (χ1) is 11.7. The SMILES string of the molecule is O=C(CSc1cccn1-c1ccccc1[N+](=O)[O-])c1ccccc1. The molecule has 0 radical (unpaired) electrons. The molecule has 0 aliphatic carbocycles. The van der Waals surface area contributed by atoms with Gasteiger partial charge >= 0.3 is 0 Å². The monoisotopic (exact) mass is 338 g/mol. The van der Waals surface area contributed by atoms with Crippen molar-refractivity contribution in [2.75, 3.05) is 5.75 Å². The van der Waals surface area contributed by atoms with E-state index in [0.717, 1.165) is 5.03 Å². The van der Waals surface area contributed by atoms with Crippen LogP contribution in [0.5, 0.6) is 0 Å². The first kappa shape index (κ1) is 16.0. The molecule has 24 heavy (non-hydrogen) atoms. The molecule has 120 valence electrons. The van der Waals surface area contributed by atoms with Crippen molar-refractivity contribution in [2.45, 2.75) is 5.03 Å². The average Bonchev–Trinajstić information content (AvgIpc) is 3.08. The normalized spacial score (nSPS) is 10.5. The Morgan fingerprint density at radius 2 is 1.71 bits per heavy atom. The van der Waals surface area contributed by atoms with E-state index in [2.05, 4.69) is 0 Å². The van der Waals surface area contributed by atoms with E-state index in [-0.39, 0.29) is 17.2 Å². The summed E-state index contributed by atoms with van der Waals surface area (Å²) < 4.78 is 1.74. The summed E-state index contributed by atoms with van der Waals surface area (Å²) in [6.45, 7) is 0. The zero-order chi connectivity index (χ0) is 16.9. The van der Waals surface area contributed by atoms with Gasteiger partial charge in [-0.1, -0.05) is 54.2 Å². The number of hydrogen-bond donors (Lipinski definition) is 0. The van der Waals surface area contributed by atoms with E-state index in [1.807, 2.05) is 30.3 Å². The Morgan fingerprint density at radius 1 is 1.00 bits per heavy atom. The number of Topliss-reactive ketones (excluding diaryl/α,β-unsaturated/α-hetero) is 1. The molecule has 2 aromatic carbocycles. The summed E-state index contributed by atoms with van der Waals surface area (Å²) in [4.78, 5) is 23.0. The van der Waals surface area contributed by atoms with Crippen LogP contribution in [0.3, 0.4) is 0 Å². The third-order valence-electron chi connectivity index (χ3n) is 3.50. The lowest BCUT2D eigenvalue weighted by molar-refractivity contribution is -0.384. The summed E-state index contributed by atoms with van der Waals surface area (Å²) >= 11 is 1.36. The molecule has 0 saturated carbocycles. The maximum atomic E-state index is 12.2. The zero-order valence-corrected chi connectivity index (χ0v) is 13.5. The minimum Gasteiger partial charge on any atom is -0.306 e. The van der Waals surface area contributed by atoms with Gasteiger partial charge in [-0.15, -0.1) is 0 Å². The molecule has 1 heterocycles. The van der Waals surface area contributed by atoms with Gasteiger partial charge in [0, 0.05) is 17.8 Å². The second-order valence-corrected chi connectivity index (χ2v) is 6.04. The Morgan fingerprint density at radius 3 is 2.46 bits per heavy atom. The molecule has 0 aliphatic heterocycles. The molecule has 0 aliphatic rings. The Bertz CT molecular complexity index is 875. The van der Waals surface area contributed by atoms with Crippen molar-refractivity contribution >= 4 is 23.2 Å². The van der Waals surface area contributed by atoms with Gasteiger partial charge in [0.05, 0.1) is 15.7 Å². The highest BCUT2D eigenvalue weighted by Crippen LogP contribution is 2.29. The number of carbonyl (C=O) groups is 1. The highest BCUT2D eigenvalue weighted by molar-refractivity contribution is 8.00. The highest BCUT2D eigenvalue weighted by Gasteiger charge is 2.16. The van der Waals surface area contributed by atoms with Crippen LogP contribution in [-0.2, 0) is 0 Å². The molecule has 0 spiro atoms. The summed E-state index contributed by atoms with van der Waals surface area (Å²) in [6.07, 6.45) is 1.76. The lowest BCUT2D eigenvalue weighted by Gasteiger charge is -2.09. The molecule has 3 aromatic rings.